The van der Waals surface area contributed by atoms with Crippen molar-refractivity contribution in [1.82, 2.24) is 10.3 Å². The molecular weight excluding hydrogens is 164 g/mol. The van der Waals surface area contributed by atoms with Gasteiger partial charge in [0, 0.05) is 24.9 Å². The third kappa shape index (κ3) is 2.95. The molecule has 1 aromatic rings. The highest BCUT2D eigenvalue weighted by molar-refractivity contribution is 5.76. The molecule has 0 radical (unpaired) electrons. The van der Waals surface area contributed by atoms with E-state index in [9.17, 15) is 4.79 Å². The fourth-order valence-electron chi connectivity index (χ4n) is 1.26. The van der Waals surface area contributed by atoms with Crippen molar-refractivity contribution in [3.05, 3.63) is 30.1 Å². The summed E-state index contributed by atoms with van der Waals surface area (Å²) in [5.74, 6) is 0.184. The number of nitrogens with one attached hydrogen (secondary N) is 1. The van der Waals surface area contributed by atoms with Gasteiger partial charge < -0.3 is 5.32 Å². The quantitative estimate of drug-likeness (QED) is 0.756. The largest absolute Gasteiger partial charge is 0.313 e. The lowest BCUT2D eigenvalue weighted by Crippen LogP contribution is -2.18. The summed E-state index contributed by atoms with van der Waals surface area (Å²) < 4.78 is 0. The zero-order valence-electron chi connectivity index (χ0n) is 7.95. The van der Waals surface area contributed by atoms with E-state index >= 15 is 0 Å². The van der Waals surface area contributed by atoms with Gasteiger partial charge in [-0.25, -0.2) is 0 Å². The Labute approximate surface area is 78.2 Å². The fraction of sp³-hybridized carbons (Fsp3) is 0.400. The van der Waals surface area contributed by atoms with Crippen LogP contribution in [0.1, 0.15) is 24.9 Å². The molecule has 0 saturated carbocycles. The molecule has 1 heterocycles. The van der Waals surface area contributed by atoms with Gasteiger partial charge in [-0.2, -0.15) is 0 Å². The Balaban J connectivity index is 2.73. The Morgan fingerprint density at radius 2 is 2.46 bits per heavy atom. The second-order valence-corrected chi connectivity index (χ2v) is 3.03. The highest BCUT2D eigenvalue weighted by atomic mass is 16.1. The molecule has 0 fully saturated rings. The van der Waals surface area contributed by atoms with Crippen molar-refractivity contribution in [2.45, 2.75) is 19.4 Å². The molecule has 0 amide bonds. The first-order valence-electron chi connectivity index (χ1n) is 4.30. The maximum atomic E-state index is 10.9. The Hall–Kier alpha value is -1.22. The zero-order valence-corrected chi connectivity index (χ0v) is 7.95. The molecule has 13 heavy (non-hydrogen) atoms. The Morgan fingerprint density at radius 1 is 1.69 bits per heavy atom. The number of carbonyl (C=O) groups excluding carboxylic acids is 1. The standard InChI is InChI=1S/C10H14N2O/c1-8(13)6-10(11-2)9-4-3-5-12-7-9/h3-5,7,10-11H,6H2,1-2H3. The number of hydrogen-bond donors (Lipinski definition) is 1. The second-order valence-electron chi connectivity index (χ2n) is 3.03. The van der Waals surface area contributed by atoms with Crippen LogP contribution >= 0.6 is 0 Å². The summed E-state index contributed by atoms with van der Waals surface area (Å²) >= 11 is 0. The number of aromatic nitrogens is 1. The first-order valence-corrected chi connectivity index (χ1v) is 4.30. The minimum absolute atomic E-state index is 0.0891. The molecule has 0 bridgehead atoms. The van der Waals surface area contributed by atoms with Gasteiger partial charge >= 0.3 is 0 Å². The van der Waals surface area contributed by atoms with Crippen molar-refractivity contribution in [2.75, 3.05) is 7.05 Å². The zero-order chi connectivity index (χ0) is 9.68. The molecule has 70 valence electrons. The number of rotatable bonds is 4. The lowest BCUT2D eigenvalue weighted by molar-refractivity contribution is -0.117. The molecule has 1 rings (SSSR count). The van der Waals surface area contributed by atoms with Crippen LogP contribution in [0.15, 0.2) is 24.5 Å². The van der Waals surface area contributed by atoms with Crippen LogP contribution in [0.5, 0.6) is 0 Å². The molecule has 0 aromatic carbocycles. The average Bonchev–Trinajstić information content (AvgIpc) is 2.15. The lowest BCUT2D eigenvalue weighted by atomic mass is 10.0. The van der Waals surface area contributed by atoms with Gasteiger partial charge in [0.2, 0.25) is 0 Å². The van der Waals surface area contributed by atoms with Crippen LogP contribution in [0.4, 0.5) is 0 Å². The van der Waals surface area contributed by atoms with Crippen molar-refractivity contribution in [1.29, 1.82) is 0 Å². The summed E-state index contributed by atoms with van der Waals surface area (Å²) in [6.45, 7) is 1.60. The van der Waals surface area contributed by atoms with Gasteiger partial charge in [-0.05, 0) is 25.6 Å². The van der Waals surface area contributed by atoms with Crippen molar-refractivity contribution < 1.29 is 4.79 Å². The molecular formula is C10H14N2O. The summed E-state index contributed by atoms with van der Waals surface area (Å²) in [7, 11) is 1.85. The van der Waals surface area contributed by atoms with Crippen LogP contribution in [-0.4, -0.2) is 17.8 Å². The lowest BCUT2D eigenvalue weighted by Gasteiger charge is -2.13. The maximum Gasteiger partial charge on any atom is 0.131 e. The van der Waals surface area contributed by atoms with Crippen molar-refractivity contribution in [3.8, 4) is 0 Å². The highest BCUT2D eigenvalue weighted by Crippen LogP contribution is 2.14. The predicted molar refractivity (Wildman–Crippen MR) is 51.3 cm³/mol. The summed E-state index contributed by atoms with van der Waals surface area (Å²) in [4.78, 5) is 14.9. The van der Waals surface area contributed by atoms with Gasteiger partial charge in [0.1, 0.15) is 5.78 Å². The number of hydrogen-bond acceptors (Lipinski definition) is 3. The summed E-state index contributed by atoms with van der Waals surface area (Å²) in [6, 6.07) is 3.93. The van der Waals surface area contributed by atoms with Crippen LogP contribution in [0, 0.1) is 0 Å². The molecule has 1 N–H and O–H groups in total. The van der Waals surface area contributed by atoms with E-state index < -0.39 is 0 Å². The van der Waals surface area contributed by atoms with E-state index in [1.165, 1.54) is 0 Å². The molecule has 0 aliphatic carbocycles. The minimum atomic E-state index is 0.0891. The number of Topliss-reactive ketones (excluding diaryl/α,β-unsaturated/α-hetero) is 1. The van der Waals surface area contributed by atoms with E-state index in [0.717, 1.165) is 5.56 Å². The van der Waals surface area contributed by atoms with E-state index in [1.54, 1.807) is 19.3 Å². The average molecular weight is 178 g/mol. The van der Waals surface area contributed by atoms with E-state index in [-0.39, 0.29) is 11.8 Å². The Morgan fingerprint density at radius 3 is 2.92 bits per heavy atom. The third-order valence-electron chi connectivity index (χ3n) is 1.93. The molecule has 1 atom stereocenters. The van der Waals surface area contributed by atoms with E-state index in [4.69, 9.17) is 0 Å². The number of ketones is 1. The number of pyridine rings is 1. The molecule has 3 nitrogen and oxygen atoms in total. The van der Waals surface area contributed by atoms with Crippen molar-refractivity contribution in [2.24, 2.45) is 0 Å². The monoisotopic (exact) mass is 178 g/mol. The van der Waals surface area contributed by atoms with Crippen LogP contribution < -0.4 is 5.32 Å². The van der Waals surface area contributed by atoms with Gasteiger partial charge in [0.15, 0.2) is 0 Å². The molecule has 0 saturated heterocycles. The minimum Gasteiger partial charge on any atom is -0.313 e. The number of nitrogens with zero attached hydrogens (tertiary/aromatic N) is 1. The SMILES string of the molecule is CNC(CC(C)=O)c1cccnc1. The number of carbonyl (C=O) groups is 1. The van der Waals surface area contributed by atoms with E-state index in [0.29, 0.717) is 6.42 Å². The van der Waals surface area contributed by atoms with Gasteiger partial charge in [0.25, 0.3) is 0 Å². The van der Waals surface area contributed by atoms with Crippen molar-refractivity contribution >= 4 is 5.78 Å². The Kier molecular flexibility index (Phi) is 3.58. The summed E-state index contributed by atoms with van der Waals surface area (Å²) in [5.41, 5.74) is 1.06. The van der Waals surface area contributed by atoms with Gasteiger partial charge in [-0.3, -0.25) is 9.78 Å². The first-order chi connectivity index (χ1) is 6.24. The highest BCUT2D eigenvalue weighted by Gasteiger charge is 2.10. The van der Waals surface area contributed by atoms with E-state index in [2.05, 4.69) is 10.3 Å². The van der Waals surface area contributed by atoms with Crippen LogP contribution in [0.2, 0.25) is 0 Å². The maximum absolute atomic E-state index is 10.9. The van der Waals surface area contributed by atoms with Crippen LogP contribution in [-0.2, 0) is 4.79 Å². The topological polar surface area (TPSA) is 42.0 Å². The molecule has 1 unspecified atom stereocenters. The second kappa shape index (κ2) is 4.72. The van der Waals surface area contributed by atoms with Crippen LogP contribution in [0.3, 0.4) is 0 Å². The predicted octanol–water partition coefficient (Wildman–Crippen LogP) is 1.32. The molecule has 0 spiro atoms. The van der Waals surface area contributed by atoms with Gasteiger partial charge in [-0.15, -0.1) is 0 Å². The molecule has 3 heteroatoms. The van der Waals surface area contributed by atoms with Crippen molar-refractivity contribution in [3.63, 3.8) is 0 Å². The molecule has 0 aliphatic heterocycles. The first kappa shape index (κ1) is 9.86. The summed E-state index contributed by atoms with van der Waals surface area (Å²) in [6.07, 6.45) is 4.02. The summed E-state index contributed by atoms with van der Waals surface area (Å²) in [5, 5.41) is 3.09. The van der Waals surface area contributed by atoms with Gasteiger partial charge in [0.05, 0.1) is 0 Å². The molecule has 0 aliphatic rings. The van der Waals surface area contributed by atoms with E-state index in [1.807, 2.05) is 19.2 Å². The third-order valence-corrected chi connectivity index (χ3v) is 1.93. The van der Waals surface area contributed by atoms with Crippen LogP contribution in [0.25, 0.3) is 0 Å². The molecule has 1 aromatic heterocycles. The Bertz CT molecular complexity index is 272. The fourth-order valence-corrected chi connectivity index (χ4v) is 1.26. The van der Waals surface area contributed by atoms with Gasteiger partial charge in [-0.1, -0.05) is 6.07 Å². The normalized spacial score (nSPS) is 12.5. The smallest absolute Gasteiger partial charge is 0.131 e.